The number of fused-ring (bicyclic) bond motifs is 1. The van der Waals surface area contributed by atoms with Gasteiger partial charge in [0.1, 0.15) is 0 Å². The number of piperidine rings is 1. The van der Waals surface area contributed by atoms with E-state index < -0.39 is 0 Å². The molecular weight excluding hydrogens is 274 g/mol. The first kappa shape index (κ1) is 13.9. The minimum atomic E-state index is -0.336. The van der Waals surface area contributed by atoms with Crippen LogP contribution in [-0.2, 0) is 11.3 Å². The SMILES string of the molecule is O=C1CSc2ccc(CN[C@@H]3CCNC[C@H]3O)cc2N1. The second-order valence-corrected chi connectivity index (χ2v) is 6.23. The van der Waals surface area contributed by atoms with Crippen molar-refractivity contribution in [3.63, 3.8) is 0 Å². The lowest BCUT2D eigenvalue weighted by Crippen LogP contribution is -2.50. The van der Waals surface area contributed by atoms with Gasteiger partial charge in [0, 0.05) is 24.0 Å². The summed E-state index contributed by atoms with van der Waals surface area (Å²) in [5.74, 6) is 0.549. The normalized spacial score (nSPS) is 25.9. The first-order valence-electron chi connectivity index (χ1n) is 6.90. The Balaban J connectivity index is 1.63. The predicted octanol–water partition coefficient (Wildman–Crippen LogP) is 0.543. The van der Waals surface area contributed by atoms with Gasteiger partial charge in [0.25, 0.3) is 0 Å². The summed E-state index contributed by atoms with van der Waals surface area (Å²) >= 11 is 1.57. The van der Waals surface area contributed by atoms with E-state index in [4.69, 9.17) is 0 Å². The molecule has 2 atom stereocenters. The Kier molecular flexibility index (Phi) is 4.26. The van der Waals surface area contributed by atoms with Gasteiger partial charge >= 0.3 is 0 Å². The second-order valence-electron chi connectivity index (χ2n) is 5.21. The maximum atomic E-state index is 11.4. The molecule has 0 bridgehead atoms. The van der Waals surface area contributed by atoms with E-state index in [1.165, 1.54) is 0 Å². The third kappa shape index (κ3) is 3.15. The van der Waals surface area contributed by atoms with Crippen molar-refractivity contribution in [1.82, 2.24) is 10.6 Å². The molecule has 3 rings (SSSR count). The van der Waals surface area contributed by atoms with Crippen LogP contribution in [-0.4, -0.2) is 42.0 Å². The van der Waals surface area contributed by atoms with Crippen LogP contribution in [0, 0.1) is 0 Å². The fourth-order valence-electron chi connectivity index (χ4n) is 2.57. The van der Waals surface area contributed by atoms with E-state index in [1.807, 2.05) is 6.07 Å². The first-order chi connectivity index (χ1) is 9.72. The van der Waals surface area contributed by atoms with E-state index in [2.05, 4.69) is 28.1 Å². The fraction of sp³-hybridized carbons (Fsp3) is 0.500. The lowest BCUT2D eigenvalue weighted by Gasteiger charge is -2.29. The molecule has 0 radical (unpaired) electrons. The van der Waals surface area contributed by atoms with Crippen LogP contribution >= 0.6 is 11.8 Å². The van der Waals surface area contributed by atoms with Crippen molar-refractivity contribution in [2.75, 3.05) is 24.2 Å². The van der Waals surface area contributed by atoms with Crippen LogP contribution in [0.2, 0.25) is 0 Å². The largest absolute Gasteiger partial charge is 0.390 e. The number of aliphatic hydroxyl groups is 1. The summed E-state index contributed by atoms with van der Waals surface area (Å²) in [5, 5.41) is 19.4. The standard InChI is InChI=1S/C14H19N3O2S/c18-12-7-15-4-3-10(12)16-6-9-1-2-13-11(5-9)17-14(19)8-20-13/h1-2,5,10,12,15-16,18H,3-4,6-8H2,(H,17,19)/t10-,12-/m1/s1. The van der Waals surface area contributed by atoms with Gasteiger partial charge in [0.15, 0.2) is 0 Å². The van der Waals surface area contributed by atoms with Crippen LogP contribution in [0.3, 0.4) is 0 Å². The number of benzene rings is 1. The maximum absolute atomic E-state index is 11.4. The van der Waals surface area contributed by atoms with Gasteiger partial charge in [0.05, 0.1) is 17.5 Å². The molecule has 1 aromatic rings. The summed E-state index contributed by atoms with van der Waals surface area (Å²) in [7, 11) is 0. The molecule has 2 aliphatic rings. The fourth-order valence-corrected chi connectivity index (χ4v) is 3.36. The van der Waals surface area contributed by atoms with Crippen LogP contribution < -0.4 is 16.0 Å². The van der Waals surface area contributed by atoms with Crippen LogP contribution in [0.25, 0.3) is 0 Å². The van der Waals surface area contributed by atoms with Crippen molar-refractivity contribution in [2.24, 2.45) is 0 Å². The maximum Gasteiger partial charge on any atom is 0.234 e. The highest BCUT2D eigenvalue weighted by atomic mass is 32.2. The molecular formula is C14H19N3O2S. The molecule has 20 heavy (non-hydrogen) atoms. The second kappa shape index (κ2) is 6.13. The Bertz CT molecular complexity index is 509. The van der Waals surface area contributed by atoms with Crippen LogP contribution in [0.4, 0.5) is 5.69 Å². The average Bonchev–Trinajstić information content (AvgIpc) is 2.46. The summed E-state index contributed by atoms with van der Waals surface area (Å²) in [5.41, 5.74) is 2.02. The summed E-state index contributed by atoms with van der Waals surface area (Å²) in [6.07, 6.45) is 0.593. The molecule has 0 spiro atoms. The van der Waals surface area contributed by atoms with E-state index in [-0.39, 0.29) is 18.1 Å². The molecule has 1 fully saturated rings. The molecule has 0 unspecified atom stereocenters. The van der Waals surface area contributed by atoms with Crippen molar-refractivity contribution in [1.29, 1.82) is 0 Å². The molecule has 0 aromatic heterocycles. The van der Waals surface area contributed by atoms with Gasteiger partial charge < -0.3 is 21.1 Å². The predicted molar refractivity (Wildman–Crippen MR) is 79.9 cm³/mol. The van der Waals surface area contributed by atoms with Crippen LogP contribution in [0.5, 0.6) is 0 Å². The number of amides is 1. The lowest BCUT2D eigenvalue weighted by molar-refractivity contribution is -0.113. The topological polar surface area (TPSA) is 73.4 Å². The van der Waals surface area contributed by atoms with Crippen LogP contribution in [0.15, 0.2) is 23.1 Å². The number of carbonyl (C=O) groups is 1. The van der Waals surface area contributed by atoms with Gasteiger partial charge in [-0.15, -0.1) is 11.8 Å². The number of rotatable bonds is 3. The van der Waals surface area contributed by atoms with E-state index >= 15 is 0 Å². The summed E-state index contributed by atoms with van der Waals surface area (Å²) in [4.78, 5) is 12.5. The molecule has 5 nitrogen and oxygen atoms in total. The Labute approximate surface area is 122 Å². The molecule has 0 aliphatic carbocycles. The Morgan fingerprint density at radius 1 is 1.45 bits per heavy atom. The third-order valence-corrected chi connectivity index (χ3v) is 4.77. The van der Waals surface area contributed by atoms with E-state index in [9.17, 15) is 9.90 Å². The monoisotopic (exact) mass is 293 g/mol. The number of carbonyl (C=O) groups excluding carboxylic acids is 1. The number of hydrogen-bond acceptors (Lipinski definition) is 5. The minimum Gasteiger partial charge on any atom is -0.390 e. The molecule has 1 amide bonds. The smallest absolute Gasteiger partial charge is 0.234 e. The Morgan fingerprint density at radius 2 is 2.35 bits per heavy atom. The van der Waals surface area contributed by atoms with Crippen molar-refractivity contribution >= 4 is 23.4 Å². The zero-order valence-electron chi connectivity index (χ0n) is 11.2. The number of hydrogen-bond donors (Lipinski definition) is 4. The summed E-state index contributed by atoms with van der Waals surface area (Å²) in [6.45, 7) is 2.29. The number of nitrogens with one attached hydrogen (secondary N) is 3. The molecule has 108 valence electrons. The lowest BCUT2D eigenvalue weighted by atomic mass is 10.0. The third-order valence-electron chi connectivity index (χ3n) is 3.70. The Hall–Kier alpha value is -1.08. The van der Waals surface area contributed by atoms with Crippen molar-refractivity contribution < 1.29 is 9.90 Å². The summed E-state index contributed by atoms with van der Waals surface area (Å²) in [6, 6.07) is 6.27. The van der Waals surface area contributed by atoms with Crippen molar-refractivity contribution in [3.8, 4) is 0 Å². The Morgan fingerprint density at radius 3 is 3.20 bits per heavy atom. The van der Waals surface area contributed by atoms with Gasteiger partial charge in [-0.1, -0.05) is 6.07 Å². The van der Waals surface area contributed by atoms with Gasteiger partial charge in [-0.25, -0.2) is 0 Å². The van der Waals surface area contributed by atoms with Gasteiger partial charge in [-0.2, -0.15) is 0 Å². The number of thioether (sulfide) groups is 1. The molecule has 1 saturated heterocycles. The van der Waals surface area contributed by atoms with E-state index in [1.54, 1.807) is 11.8 Å². The first-order valence-corrected chi connectivity index (χ1v) is 7.89. The molecule has 6 heteroatoms. The van der Waals surface area contributed by atoms with Gasteiger partial charge in [-0.3, -0.25) is 4.79 Å². The molecule has 4 N–H and O–H groups in total. The summed E-state index contributed by atoms with van der Waals surface area (Å²) < 4.78 is 0. The quantitative estimate of drug-likeness (QED) is 0.655. The van der Waals surface area contributed by atoms with Crippen molar-refractivity contribution in [3.05, 3.63) is 23.8 Å². The highest BCUT2D eigenvalue weighted by molar-refractivity contribution is 8.00. The number of β-amino-alcohol motifs (C(OH)–C–C–N with tert-alkyl or cyclic N) is 1. The highest BCUT2D eigenvalue weighted by Gasteiger charge is 2.22. The molecule has 2 aliphatic heterocycles. The van der Waals surface area contributed by atoms with E-state index in [0.717, 1.165) is 29.1 Å². The van der Waals surface area contributed by atoms with Gasteiger partial charge in [-0.05, 0) is 30.7 Å². The molecule has 0 saturated carbocycles. The van der Waals surface area contributed by atoms with Gasteiger partial charge in [0.2, 0.25) is 5.91 Å². The number of anilines is 1. The van der Waals surface area contributed by atoms with Crippen molar-refractivity contribution in [2.45, 2.75) is 30.0 Å². The van der Waals surface area contributed by atoms with E-state index in [0.29, 0.717) is 18.8 Å². The van der Waals surface area contributed by atoms with Crippen LogP contribution in [0.1, 0.15) is 12.0 Å². The zero-order valence-corrected chi connectivity index (χ0v) is 12.0. The molecule has 1 aromatic carbocycles. The highest BCUT2D eigenvalue weighted by Crippen LogP contribution is 2.31. The minimum absolute atomic E-state index is 0.0568. The number of aliphatic hydroxyl groups excluding tert-OH is 1. The zero-order chi connectivity index (χ0) is 13.9. The average molecular weight is 293 g/mol. The molecule has 2 heterocycles.